The van der Waals surface area contributed by atoms with Crippen LogP contribution in [0.5, 0.6) is 5.75 Å². The summed E-state index contributed by atoms with van der Waals surface area (Å²) in [6, 6.07) is 12.3. The summed E-state index contributed by atoms with van der Waals surface area (Å²) >= 11 is 6.19. The van der Waals surface area contributed by atoms with Crippen LogP contribution in [0.25, 0.3) is 11.1 Å². The van der Waals surface area contributed by atoms with E-state index < -0.39 is 0 Å². The van der Waals surface area contributed by atoms with Crippen LogP contribution in [0.4, 0.5) is 0 Å². The summed E-state index contributed by atoms with van der Waals surface area (Å²) in [5.74, 6) is 0.899. The number of aryl methyl sites for hydroxylation is 1. The minimum Gasteiger partial charge on any atom is -0.496 e. The van der Waals surface area contributed by atoms with Crippen LogP contribution < -0.4 is 10.1 Å². The van der Waals surface area contributed by atoms with Crippen LogP contribution in [0.3, 0.4) is 0 Å². The van der Waals surface area contributed by atoms with Crippen molar-refractivity contribution >= 4 is 11.6 Å². The second-order valence-electron chi connectivity index (χ2n) is 4.52. The van der Waals surface area contributed by atoms with Crippen molar-refractivity contribution in [2.45, 2.75) is 13.5 Å². The fourth-order valence-electron chi connectivity index (χ4n) is 2.06. The molecular formula is C16H18ClNO. The van der Waals surface area contributed by atoms with Crippen molar-refractivity contribution < 1.29 is 4.74 Å². The van der Waals surface area contributed by atoms with Gasteiger partial charge in [-0.3, -0.25) is 0 Å². The molecule has 100 valence electrons. The van der Waals surface area contributed by atoms with Crippen LogP contribution in [0, 0.1) is 6.92 Å². The second-order valence-corrected chi connectivity index (χ2v) is 4.93. The lowest BCUT2D eigenvalue weighted by molar-refractivity contribution is 0.408. The molecule has 0 radical (unpaired) electrons. The zero-order valence-corrected chi connectivity index (χ0v) is 12.2. The van der Waals surface area contributed by atoms with E-state index >= 15 is 0 Å². The molecular weight excluding hydrogens is 258 g/mol. The minimum absolute atomic E-state index is 0.774. The average molecular weight is 276 g/mol. The van der Waals surface area contributed by atoms with Crippen LogP contribution >= 0.6 is 11.6 Å². The quantitative estimate of drug-likeness (QED) is 0.909. The third kappa shape index (κ3) is 3.09. The Labute approximate surface area is 119 Å². The monoisotopic (exact) mass is 275 g/mol. The van der Waals surface area contributed by atoms with Crippen molar-refractivity contribution in [3.63, 3.8) is 0 Å². The highest BCUT2D eigenvalue weighted by Crippen LogP contribution is 2.29. The summed E-state index contributed by atoms with van der Waals surface area (Å²) in [7, 11) is 3.62. The molecule has 0 heterocycles. The van der Waals surface area contributed by atoms with Gasteiger partial charge in [0.2, 0.25) is 0 Å². The zero-order chi connectivity index (χ0) is 13.8. The van der Waals surface area contributed by atoms with Crippen LogP contribution in [0.15, 0.2) is 36.4 Å². The standard InChI is InChI=1S/C16H18ClNO/c1-11-4-5-13(9-15(11)17)12-6-7-16(19-3)14(8-12)10-18-2/h4-9,18H,10H2,1-3H3. The summed E-state index contributed by atoms with van der Waals surface area (Å²) < 4.78 is 5.37. The molecule has 0 unspecified atom stereocenters. The Bertz CT molecular complexity index is 581. The number of methoxy groups -OCH3 is 1. The fourth-order valence-corrected chi connectivity index (χ4v) is 2.24. The number of ether oxygens (including phenoxy) is 1. The normalized spacial score (nSPS) is 10.5. The van der Waals surface area contributed by atoms with Gasteiger partial charge in [0.25, 0.3) is 0 Å². The lowest BCUT2D eigenvalue weighted by Gasteiger charge is -2.11. The van der Waals surface area contributed by atoms with Crippen LogP contribution in [-0.4, -0.2) is 14.2 Å². The maximum Gasteiger partial charge on any atom is 0.123 e. The molecule has 2 nitrogen and oxygen atoms in total. The minimum atomic E-state index is 0.774. The Morgan fingerprint density at radius 1 is 1.11 bits per heavy atom. The van der Waals surface area contributed by atoms with Gasteiger partial charge in [-0.05, 0) is 48.9 Å². The predicted octanol–water partition coefficient (Wildman–Crippen LogP) is 4.04. The maximum atomic E-state index is 6.19. The molecule has 0 bridgehead atoms. The molecule has 1 N–H and O–H groups in total. The van der Waals surface area contributed by atoms with E-state index in [-0.39, 0.29) is 0 Å². The van der Waals surface area contributed by atoms with Gasteiger partial charge in [-0.1, -0.05) is 29.8 Å². The molecule has 0 saturated heterocycles. The van der Waals surface area contributed by atoms with Crippen LogP contribution in [-0.2, 0) is 6.54 Å². The van der Waals surface area contributed by atoms with Crippen molar-refractivity contribution in [3.05, 3.63) is 52.5 Å². The topological polar surface area (TPSA) is 21.3 Å². The molecule has 2 aromatic carbocycles. The molecule has 0 aromatic heterocycles. The van der Waals surface area contributed by atoms with E-state index in [1.54, 1.807) is 7.11 Å². The average Bonchev–Trinajstić information content (AvgIpc) is 2.42. The van der Waals surface area contributed by atoms with E-state index in [0.29, 0.717) is 0 Å². The first-order valence-electron chi connectivity index (χ1n) is 6.23. The highest BCUT2D eigenvalue weighted by atomic mass is 35.5. The molecule has 0 spiro atoms. The van der Waals surface area contributed by atoms with Crippen LogP contribution in [0.1, 0.15) is 11.1 Å². The van der Waals surface area contributed by atoms with Gasteiger partial charge in [0, 0.05) is 17.1 Å². The van der Waals surface area contributed by atoms with E-state index in [0.717, 1.165) is 39.6 Å². The Morgan fingerprint density at radius 3 is 2.42 bits per heavy atom. The molecule has 0 aliphatic heterocycles. The number of hydrogen-bond acceptors (Lipinski definition) is 2. The third-order valence-electron chi connectivity index (χ3n) is 3.15. The first kappa shape index (κ1) is 13.9. The lowest BCUT2D eigenvalue weighted by atomic mass is 10.0. The van der Waals surface area contributed by atoms with Gasteiger partial charge in [-0.25, -0.2) is 0 Å². The van der Waals surface area contributed by atoms with Gasteiger partial charge in [-0.15, -0.1) is 0 Å². The highest BCUT2D eigenvalue weighted by molar-refractivity contribution is 6.31. The molecule has 0 atom stereocenters. The summed E-state index contributed by atoms with van der Waals surface area (Å²) in [5, 5.41) is 3.95. The number of halogens is 1. The highest BCUT2D eigenvalue weighted by Gasteiger charge is 2.06. The molecule has 0 aliphatic carbocycles. The molecule has 0 saturated carbocycles. The first-order valence-corrected chi connectivity index (χ1v) is 6.61. The van der Waals surface area contributed by atoms with Crippen molar-refractivity contribution in [1.82, 2.24) is 5.32 Å². The summed E-state index contributed by atoms with van der Waals surface area (Å²) in [6.45, 7) is 2.78. The number of benzene rings is 2. The zero-order valence-electron chi connectivity index (χ0n) is 11.5. The Balaban J connectivity index is 2.44. The molecule has 2 rings (SSSR count). The van der Waals surface area contributed by atoms with E-state index in [9.17, 15) is 0 Å². The smallest absolute Gasteiger partial charge is 0.123 e. The number of hydrogen-bond donors (Lipinski definition) is 1. The number of nitrogens with one attached hydrogen (secondary N) is 1. The van der Waals surface area contributed by atoms with E-state index in [1.165, 1.54) is 0 Å². The molecule has 0 fully saturated rings. The van der Waals surface area contributed by atoms with Crippen molar-refractivity contribution in [3.8, 4) is 16.9 Å². The van der Waals surface area contributed by atoms with Crippen molar-refractivity contribution in [2.24, 2.45) is 0 Å². The van der Waals surface area contributed by atoms with Gasteiger partial charge in [0.1, 0.15) is 5.75 Å². The summed E-state index contributed by atoms with van der Waals surface area (Å²) in [6.07, 6.45) is 0. The van der Waals surface area contributed by atoms with Gasteiger partial charge in [0.05, 0.1) is 7.11 Å². The molecule has 0 aliphatic rings. The molecule has 19 heavy (non-hydrogen) atoms. The van der Waals surface area contributed by atoms with E-state index in [1.807, 2.05) is 32.2 Å². The molecule has 2 aromatic rings. The molecule has 3 heteroatoms. The Morgan fingerprint density at radius 2 is 1.79 bits per heavy atom. The second kappa shape index (κ2) is 6.09. The van der Waals surface area contributed by atoms with Gasteiger partial charge in [0.15, 0.2) is 0 Å². The van der Waals surface area contributed by atoms with Gasteiger partial charge in [-0.2, -0.15) is 0 Å². The molecule has 0 amide bonds. The predicted molar refractivity (Wildman–Crippen MR) is 80.9 cm³/mol. The van der Waals surface area contributed by atoms with E-state index in [4.69, 9.17) is 16.3 Å². The third-order valence-corrected chi connectivity index (χ3v) is 3.56. The van der Waals surface area contributed by atoms with Crippen molar-refractivity contribution in [2.75, 3.05) is 14.2 Å². The Hall–Kier alpha value is -1.51. The van der Waals surface area contributed by atoms with Crippen molar-refractivity contribution in [1.29, 1.82) is 0 Å². The van der Waals surface area contributed by atoms with Gasteiger partial charge < -0.3 is 10.1 Å². The summed E-state index contributed by atoms with van der Waals surface area (Å²) in [5.41, 5.74) is 4.50. The first-order chi connectivity index (χ1) is 9.15. The Kier molecular flexibility index (Phi) is 4.46. The fraction of sp³-hybridized carbons (Fsp3) is 0.250. The lowest BCUT2D eigenvalue weighted by Crippen LogP contribution is -2.06. The maximum absolute atomic E-state index is 6.19. The summed E-state index contributed by atoms with van der Waals surface area (Å²) in [4.78, 5) is 0. The van der Waals surface area contributed by atoms with Crippen LogP contribution in [0.2, 0.25) is 5.02 Å². The largest absolute Gasteiger partial charge is 0.496 e. The van der Waals surface area contributed by atoms with E-state index in [2.05, 4.69) is 23.5 Å². The van der Waals surface area contributed by atoms with Gasteiger partial charge >= 0.3 is 0 Å². The SMILES string of the molecule is CNCc1cc(-c2ccc(C)c(Cl)c2)ccc1OC. The number of rotatable bonds is 4.